The van der Waals surface area contributed by atoms with Gasteiger partial charge in [0.2, 0.25) is 0 Å². The van der Waals surface area contributed by atoms with Gasteiger partial charge in [-0.25, -0.2) is 9.37 Å². The van der Waals surface area contributed by atoms with E-state index in [1.54, 1.807) is 17.4 Å². The molecule has 106 valence electrons. The summed E-state index contributed by atoms with van der Waals surface area (Å²) in [6, 6.07) is 4.46. The van der Waals surface area contributed by atoms with Crippen LogP contribution in [0.1, 0.15) is 17.4 Å². The summed E-state index contributed by atoms with van der Waals surface area (Å²) in [5, 5.41) is 2.47. The van der Waals surface area contributed by atoms with Gasteiger partial charge in [0.25, 0.3) is 0 Å². The summed E-state index contributed by atoms with van der Waals surface area (Å²) in [5.41, 5.74) is 3.75. The van der Waals surface area contributed by atoms with E-state index in [9.17, 15) is 4.39 Å². The Morgan fingerprint density at radius 2 is 2.40 bits per heavy atom. The van der Waals surface area contributed by atoms with Crippen molar-refractivity contribution in [3.63, 3.8) is 0 Å². The fourth-order valence-electron chi connectivity index (χ4n) is 2.34. The smallest absolute Gasteiger partial charge is 0.124 e. The van der Waals surface area contributed by atoms with Crippen LogP contribution in [0.3, 0.4) is 0 Å². The summed E-state index contributed by atoms with van der Waals surface area (Å²) >= 11 is 7.70. The topological polar surface area (TPSA) is 25.4 Å². The van der Waals surface area contributed by atoms with E-state index in [-0.39, 0.29) is 11.9 Å². The molecule has 3 nitrogen and oxygen atoms in total. The maximum absolute atomic E-state index is 13.1. The second-order valence-corrected chi connectivity index (χ2v) is 5.87. The van der Waals surface area contributed by atoms with E-state index < -0.39 is 0 Å². The van der Waals surface area contributed by atoms with Crippen LogP contribution in [-0.2, 0) is 11.3 Å². The molecule has 0 N–H and O–H groups in total. The molecule has 1 fully saturated rings. The molecule has 2 heterocycles. The van der Waals surface area contributed by atoms with Crippen LogP contribution >= 0.6 is 22.9 Å². The van der Waals surface area contributed by atoms with E-state index in [0.29, 0.717) is 11.6 Å². The molecule has 6 heteroatoms. The fraction of sp³-hybridized carbons (Fsp3) is 0.357. The molecule has 3 rings (SSSR count). The standard InChI is InChI=1S/C14H14ClFN2OS/c15-13-5-10(16)1-2-12(13)14-7-18(3-4-19-14)6-11-8-20-9-17-11/h1-2,5,8-9,14H,3-4,6-7H2/t14-/m1/s1. The first-order valence-corrected chi connectivity index (χ1v) is 7.70. The van der Waals surface area contributed by atoms with Crippen LogP contribution in [0.2, 0.25) is 5.02 Å². The van der Waals surface area contributed by atoms with Crippen LogP contribution in [0.25, 0.3) is 0 Å². The third-order valence-electron chi connectivity index (χ3n) is 3.33. The Morgan fingerprint density at radius 1 is 1.50 bits per heavy atom. The lowest BCUT2D eigenvalue weighted by molar-refractivity contribution is -0.0332. The van der Waals surface area contributed by atoms with Gasteiger partial charge in [-0.2, -0.15) is 0 Å². The summed E-state index contributed by atoms with van der Waals surface area (Å²) in [6.45, 7) is 3.06. The van der Waals surface area contributed by atoms with Crippen molar-refractivity contribution in [3.8, 4) is 0 Å². The zero-order valence-corrected chi connectivity index (χ0v) is 12.3. The molecule has 1 aromatic heterocycles. The third kappa shape index (κ3) is 3.17. The first kappa shape index (κ1) is 13.9. The minimum Gasteiger partial charge on any atom is -0.371 e. The van der Waals surface area contributed by atoms with Crippen molar-refractivity contribution in [2.75, 3.05) is 19.7 Å². The van der Waals surface area contributed by atoms with Gasteiger partial charge in [0.15, 0.2) is 0 Å². The Morgan fingerprint density at radius 3 is 3.15 bits per heavy atom. The number of nitrogens with zero attached hydrogens (tertiary/aromatic N) is 2. The zero-order chi connectivity index (χ0) is 13.9. The van der Waals surface area contributed by atoms with Gasteiger partial charge in [0.05, 0.1) is 23.9 Å². The average molecular weight is 313 g/mol. The molecule has 1 atom stereocenters. The molecule has 0 unspecified atom stereocenters. The maximum Gasteiger partial charge on any atom is 0.124 e. The second kappa shape index (κ2) is 6.18. The molecule has 0 radical (unpaired) electrons. The maximum atomic E-state index is 13.1. The van der Waals surface area contributed by atoms with Crippen molar-refractivity contribution in [2.45, 2.75) is 12.6 Å². The fourth-order valence-corrected chi connectivity index (χ4v) is 3.18. The molecular weight excluding hydrogens is 299 g/mol. The summed E-state index contributed by atoms with van der Waals surface area (Å²) in [7, 11) is 0. The molecular formula is C14H14ClFN2OS. The van der Waals surface area contributed by atoms with Gasteiger partial charge in [0.1, 0.15) is 5.82 Å². The highest BCUT2D eigenvalue weighted by Gasteiger charge is 2.24. The van der Waals surface area contributed by atoms with Crippen LogP contribution in [0, 0.1) is 5.82 Å². The number of thiazole rings is 1. The summed E-state index contributed by atoms with van der Waals surface area (Å²) in [6.07, 6.45) is -0.115. The number of benzene rings is 1. The van der Waals surface area contributed by atoms with Crippen molar-refractivity contribution in [2.24, 2.45) is 0 Å². The van der Waals surface area contributed by atoms with Crippen molar-refractivity contribution < 1.29 is 9.13 Å². The molecule has 2 aromatic rings. The predicted octanol–water partition coefficient (Wildman–Crippen LogP) is 3.51. The Hall–Kier alpha value is -1.01. The van der Waals surface area contributed by atoms with Crippen LogP contribution in [-0.4, -0.2) is 29.6 Å². The molecule has 0 spiro atoms. The van der Waals surface area contributed by atoms with Gasteiger partial charge < -0.3 is 4.74 Å². The Labute approximate surface area is 126 Å². The van der Waals surface area contributed by atoms with Crippen molar-refractivity contribution >= 4 is 22.9 Å². The predicted molar refractivity (Wildman–Crippen MR) is 77.5 cm³/mol. The minimum absolute atomic E-state index is 0.115. The Kier molecular flexibility index (Phi) is 4.31. The highest BCUT2D eigenvalue weighted by molar-refractivity contribution is 7.07. The number of halogens is 2. The number of rotatable bonds is 3. The normalized spacial score (nSPS) is 20.2. The van der Waals surface area contributed by atoms with E-state index in [1.807, 2.05) is 5.51 Å². The van der Waals surface area contributed by atoms with Gasteiger partial charge in [-0.1, -0.05) is 17.7 Å². The quantitative estimate of drug-likeness (QED) is 0.867. The van der Waals surface area contributed by atoms with Crippen LogP contribution < -0.4 is 0 Å². The van der Waals surface area contributed by atoms with E-state index in [4.69, 9.17) is 16.3 Å². The summed E-state index contributed by atoms with van der Waals surface area (Å²) in [4.78, 5) is 6.58. The van der Waals surface area contributed by atoms with Gasteiger partial charge in [-0.3, -0.25) is 4.90 Å². The molecule has 1 aliphatic rings. The third-order valence-corrected chi connectivity index (χ3v) is 4.29. The van der Waals surface area contributed by atoms with E-state index in [0.717, 1.165) is 30.9 Å². The lowest BCUT2D eigenvalue weighted by atomic mass is 10.1. The van der Waals surface area contributed by atoms with Gasteiger partial charge in [0, 0.05) is 35.6 Å². The Bertz CT molecular complexity index is 579. The lowest BCUT2D eigenvalue weighted by Crippen LogP contribution is -2.38. The van der Waals surface area contributed by atoms with E-state index >= 15 is 0 Å². The van der Waals surface area contributed by atoms with Crippen molar-refractivity contribution in [3.05, 3.63) is 51.2 Å². The van der Waals surface area contributed by atoms with Crippen molar-refractivity contribution in [1.29, 1.82) is 0 Å². The summed E-state index contributed by atoms with van der Waals surface area (Å²) < 4.78 is 18.9. The molecule has 0 saturated carbocycles. The monoisotopic (exact) mass is 312 g/mol. The number of morpholine rings is 1. The molecule has 0 amide bonds. The van der Waals surface area contributed by atoms with Gasteiger partial charge in [-0.05, 0) is 12.1 Å². The van der Waals surface area contributed by atoms with E-state index in [2.05, 4.69) is 15.3 Å². The average Bonchev–Trinajstić information content (AvgIpc) is 2.92. The molecule has 0 bridgehead atoms. The lowest BCUT2D eigenvalue weighted by Gasteiger charge is -2.33. The molecule has 0 aliphatic carbocycles. The van der Waals surface area contributed by atoms with Gasteiger partial charge >= 0.3 is 0 Å². The largest absolute Gasteiger partial charge is 0.371 e. The highest BCUT2D eigenvalue weighted by Crippen LogP contribution is 2.29. The molecule has 1 saturated heterocycles. The highest BCUT2D eigenvalue weighted by atomic mass is 35.5. The van der Waals surface area contributed by atoms with E-state index in [1.165, 1.54) is 12.1 Å². The van der Waals surface area contributed by atoms with Crippen molar-refractivity contribution in [1.82, 2.24) is 9.88 Å². The number of hydrogen-bond acceptors (Lipinski definition) is 4. The second-order valence-electron chi connectivity index (χ2n) is 4.74. The summed E-state index contributed by atoms with van der Waals surface area (Å²) in [5.74, 6) is -0.325. The number of hydrogen-bond donors (Lipinski definition) is 0. The molecule has 1 aliphatic heterocycles. The SMILES string of the molecule is Fc1ccc([C@H]2CN(Cc3cscn3)CCO2)c(Cl)c1. The first-order valence-electron chi connectivity index (χ1n) is 6.38. The van der Waals surface area contributed by atoms with Crippen LogP contribution in [0.15, 0.2) is 29.1 Å². The zero-order valence-electron chi connectivity index (χ0n) is 10.8. The van der Waals surface area contributed by atoms with Gasteiger partial charge in [-0.15, -0.1) is 11.3 Å². The number of aromatic nitrogens is 1. The first-order chi connectivity index (χ1) is 9.72. The van der Waals surface area contributed by atoms with Crippen LogP contribution in [0.5, 0.6) is 0 Å². The number of ether oxygens (including phenoxy) is 1. The Balaban J connectivity index is 1.71. The minimum atomic E-state index is -0.325. The van der Waals surface area contributed by atoms with Crippen LogP contribution in [0.4, 0.5) is 4.39 Å². The molecule has 20 heavy (non-hydrogen) atoms. The molecule has 1 aromatic carbocycles.